The molecule has 0 saturated carbocycles. The van der Waals surface area contributed by atoms with E-state index in [4.69, 9.17) is 5.73 Å². The number of hydrogen-bond acceptors (Lipinski definition) is 4. The van der Waals surface area contributed by atoms with Gasteiger partial charge in [0, 0.05) is 30.5 Å². The lowest BCUT2D eigenvalue weighted by molar-refractivity contribution is 0.0963. The fourth-order valence-corrected chi connectivity index (χ4v) is 3.10. The molecule has 1 aliphatic heterocycles. The Morgan fingerprint density at radius 3 is 3.05 bits per heavy atom. The highest BCUT2D eigenvalue weighted by molar-refractivity contribution is 6.06. The molecule has 3 N–H and O–H groups in total. The fourth-order valence-electron chi connectivity index (χ4n) is 3.10. The number of benzene rings is 1. The van der Waals surface area contributed by atoms with E-state index < -0.39 is 0 Å². The van der Waals surface area contributed by atoms with Crippen LogP contribution in [0.4, 0.5) is 5.69 Å². The molecular formula is C17H16N4O. The van der Waals surface area contributed by atoms with Gasteiger partial charge in [-0.1, -0.05) is 18.2 Å². The highest BCUT2D eigenvalue weighted by Crippen LogP contribution is 2.25. The van der Waals surface area contributed by atoms with E-state index in [2.05, 4.69) is 10.3 Å². The van der Waals surface area contributed by atoms with Crippen molar-refractivity contribution in [1.29, 1.82) is 0 Å². The van der Waals surface area contributed by atoms with Crippen LogP contribution in [-0.4, -0.2) is 22.0 Å². The van der Waals surface area contributed by atoms with Crippen molar-refractivity contribution in [1.82, 2.24) is 14.9 Å². The van der Waals surface area contributed by atoms with E-state index in [-0.39, 0.29) is 5.91 Å². The first kappa shape index (κ1) is 13.0. The van der Waals surface area contributed by atoms with Gasteiger partial charge in [0.15, 0.2) is 0 Å². The molecule has 22 heavy (non-hydrogen) atoms. The Morgan fingerprint density at radius 2 is 2.14 bits per heavy atom. The van der Waals surface area contributed by atoms with Gasteiger partial charge in [0.1, 0.15) is 0 Å². The normalized spacial score (nSPS) is 14.0. The van der Waals surface area contributed by atoms with Crippen LogP contribution in [0.25, 0.3) is 10.9 Å². The van der Waals surface area contributed by atoms with E-state index in [1.165, 1.54) is 0 Å². The van der Waals surface area contributed by atoms with E-state index in [0.717, 1.165) is 41.5 Å². The van der Waals surface area contributed by atoms with Crippen molar-refractivity contribution in [2.45, 2.75) is 13.0 Å². The van der Waals surface area contributed by atoms with Gasteiger partial charge in [-0.15, -0.1) is 0 Å². The second-order valence-electron chi connectivity index (χ2n) is 5.53. The van der Waals surface area contributed by atoms with Gasteiger partial charge in [-0.3, -0.25) is 14.3 Å². The summed E-state index contributed by atoms with van der Waals surface area (Å²) in [5.74, 6) is -0.0702. The molecule has 0 unspecified atom stereocenters. The first-order valence-corrected chi connectivity index (χ1v) is 7.32. The number of nitrogen functional groups attached to an aromatic ring is 1. The maximum absolute atomic E-state index is 13.0. The monoisotopic (exact) mass is 292 g/mol. The zero-order valence-corrected chi connectivity index (χ0v) is 12.0. The third-order valence-electron chi connectivity index (χ3n) is 4.21. The molecule has 1 aliphatic rings. The van der Waals surface area contributed by atoms with Crippen LogP contribution in [0.15, 0.2) is 42.9 Å². The van der Waals surface area contributed by atoms with Gasteiger partial charge >= 0.3 is 0 Å². The number of nitrogens with zero attached hydrogens (tertiary/aromatic N) is 2. The van der Waals surface area contributed by atoms with Gasteiger partial charge in [0.2, 0.25) is 0 Å². The zero-order chi connectivity index (χ0) is 15.1. The molecule has 3 aromatic rings. The number of fused-ring (bicyclic) bond motifs is 2. The summed E-state index contributed by atoms with van der Waals surface area (Å²) >= 11 is 0. The summed E-state index contributed by atoms with van der Waals surface area (Å²) in [5, 5.41) is 4.20. The molecule has 0 aliphatic carbocycles. The second-order valence-corrected chi connectivity index (χ2v) is 5.53. The Bertz CT molecular complexity index is 881. The minimum atomic E-state index is -0.0702. The number of nitrogens with two attached hydrogens (primary N) is 1. The Hall–Kier alpha value is -2.66. The van der Waals surface area contributed by atoms with E-state index in [1.807, 2.05) is 30.5 Å². The molecule has 0 bridgehead atoms. The number of anilines is 1. The van der Waals surface area contributed by atoms with Crippen LogP contribution in [0.3, 0.4) is 0 Å². The number of carbonyl (C=O) groups is 1. The van der Waals surface area contributed by atoms with Crippen LogP contribution in [-0.2, 0) is 13.0 Å². The molecule has 0 saturated heterocycles. The zero-order valence-electron chi connectivity index (χ0n) is 12.0. The van der Waals surface area contributed by atoms with Crippen LogP contribution in [0.2, 0.25) is 0 Å². The molecule has 0 atom stereocenters. The fraction of sp³-hybridized carbons (Fsp3) is 0.176. The lowest BCUT2D eigenvalue weighted by Crippen LogP contribution is -2.26. The van der Waals surface area contributed by atoms with Gasteiger partial charge < -0.3 is 11.1 Å². The van der Waals surface area contributed by atoms with Gasteiger partial charge in [0.05, 0.1) is 16.8 Å². The van der Waals surface area contributed by atoms with Gasteiger partial charge in [0.25, 0.3) is 5.91 Å². The van der Waals surface area contributed by atoms with Crippen molar-refractivity contribution < 1.29 is 4.79 Å². The number of nitrogens with one attached hydrogen (secondary N) is 1. The third kappa shape index (κ3) is 1.90. The lowest BCUT2D eigenvalue weighted by Gasteiger charge is -2.19. The molecule has 5 heteroatoms. The topological polar surface area (TPSA) is 72.9 Å². The first-order chi connectivity index (χ1) is 10.8. The molecular weight excluding hydrogens is 276 g/mol. The van der Waals surface area contributed by atoms with Crippen LogP contribution < -0.4 is 11.1 Å². The predicted octanol–water partition coefficient (Wildman–Crippen LogP) is 1.95. The molecule has 0 spiro atoms. The molecule has 2 aromatic heterocycles. The summed E-state index contributed by atoms with van der Waals surface area (Å²) in [4.78, 5) is 17.2. The molecule has 4 rings (SSSR count). The van der Waals surface area contributed by atoms with Crippen molar-refractivity contribution in [3.8, 4) is 0 Å². The van der Waals surface area contributed by atoms with E-state index >= 15 is 0 Å². The average molecular weight is 292 g/mol. The first-order valence-electron chi connectivity index (χ1n) is 7.32. The molecule has 0 radical (unpaired) electrons. The van der Waals surface area contributed by atoms with Crippen LogP contribution in [0.5, 0.6) is 0 Å². The van der Waals surface area contributed by atoms with Crippen LogP contribution in [0, 0.1) is 0 Å². The van der Waals surface area contributed by atoms with Gasteiger partial charge in [-0.25, -0.2) is 0 Å². The predicted molar refractivity (Wildman–Crippen MR) is 85.7 cm³/mol. The summed E-state index contributed by atoms with van der Waals surface area (Å²) in [5.41, 5.74) is 10.3. The largest absolute Gasteiger partial charge is 0.397 e. The number of pyridine rings is 1. The number of rotatable bonds is 1. The highest BCUT2D eigenvalue weighted by Gasteiger charge is 2.20. The van der Waals surface area contributed by atoms with Crippen molar-refractivity contribution >= 4 is 22.5 Å². The SMILES string of the molecule is Nc1cn(C(=O)c2cncc3c2CCNC3)c2ccccc12. The maximum atomic E-state index is 13.0. The van der Waals surface area contributed by atoms with Crippen molar-refractivity contribution in [3.63, 3.8) is 0 Å². The van der Waals surface area contributed by atoms with Crippen molar-refractivity contribution in [3.05, 3.63) is 59.5 Å². The highest BCUT2D eigenvalue weighted by atomic mass is 16.2. The summed E-state index contributed by atoms with van der Waals surface area (Å²) in [6.45, 7) is 1.64. The summed E-state index contributed by atoms with van der Waals surface area (Å²) in [6, 6.07) is 7.67. The maximum Gasteiger partial charge on any atom is 0.264 e. The summed E-state index contributed by atoms with van der Waals surface area (Å²) in [7, 11) is 0. The van der Waals surface area contributed by atoms with Crippen molar-refractivity contribution in [2.24, 2.45) is 0 Å². The smallest absolute Gasteiger partial charge is 0.264 e. The van der Waals surface area contributed by atoms with Gasteiger partial charge in [-0.05, 0) is 30.2 Å². The van der Waals surface area contributed by atoms with Crippen LogP contribution in [0.1, 0.15) is 21.5 Å². The molecule has 5 nitrogen and oxygen atoms in total. The second kappa shape index (κ2) is 4.96. The van der Waals surface area contributed by atoms with Crippen molar-refractivity contribution in [2.75, 3.05) is 12.3 Å². The molecule has 0 fully saturated rings. The number of para-hydroxylation sites is 1. The average Bonchev–Trinajstić information content (AvgIpc) is 2.91. The van der Waals surface area contributed by atoms with Crippen LogP contribution >= 0.6 is 0 Å². The Morgan fingerprint density at radius 1 is 1.27 bits per heavy atom. The lowest BCUT2D eigenvalue weighted by atomic mass is 9.98. The van der Waals surface area contributed by atoms with E-state index in [9.17, 15) is 4.79 Å². The summed E-state index contributed by atoms with van der Waals surface area (Å²) < 4.78 is 1.63. The van der Waals surface area contributed by atoms with E-state index in [1.54, 1.807) is 17.0 Å². The molecule has 3 heterocycles. The quantitative estimate of drug-likeness (QED) is 0.719. The minimum Gasteiger partial charge on any atom is -0.397 e. The van der Waals surface area contributed by atoms with E-state index in [0.29, 0.717) is 11.3 Å². The number of carbonyl (C=O) groups excluding carboxylic acids is 1. The Balaban J connectivity index is 1.88. The molecule has 110 valence electrons. The van der Waals surface area contributed by atoms with Gasteiger partial charge in [-0.2, -0.15) is 0 Å². The minimum absolute atomic E-state index is 0.0702. The standard InChI is InChI=1S/C17H16N4O/c18-15-10-21(16-4-2-1-3-13(15)16)17(22)14-9-20-8-11-7-19-6-5-12(11)14/h1-4,8-10,19H,5-7,18H2. The number of aromatic nitrogens is 2. The summed E-state index contributed by atoms with van der Waals surface area (Å²) in [6.07, 6.45) is 6.04. The number of hydrogen-bond donors (Lipinski definition) is 2. The Kier molecular flexibility index (Phi) is 2.94. The molecule has 0 amide bonds. The Labute approximate surface area is 127 Å². The molecule has 1 aromatic carbocycles. The third-order valence-corrected chi connectivity index (χ3v) is 4.21.